The van der Waals surface area contributed by atoms with Crippen molar-refractivity contribution in [1.82, 2.24) is 15.0 Å². The van der Waals surface area contributed by atoms with Crippen LogP contribution in [-0.4, -0.2) is 25.7 Å². The highest BCUT2D eigenvalue weighted by atomic mass is 16.6. The SMILES string of the molecule is CCCc1ccc(-c2cnc(N)c(C(=O)Cc3cncc(-c4ccccc4[N+](=O)[O-])c3)n2)cc1. The minimum Gasteiger partial charge on any atom is -0.382 e. The molecule has 0 fully saturated rings. The Hall–Kier alpha value is -4.46. The summed E-state index contributed by atoms with van der Waals surface area (Å²) in [5.74, 6) is -0.255. The van der Waals surface area contributed by atoms with Gasteiger partial charge in [-0.05, 0) is 29.7 Å². The summed E-state index contributed by atoms with van der Waals surface area (Å²) in [6.07, 6.45) is 6.68. The minimum atomic E-state index is -0.441. The molecule has 0 saturated heterocycles. The molecule has 4 aromatic rings. The number of benzene rings is 2. The molecule has 4 rings (SSSR count). The Morgan fingerprint density at radius 3 is 2.50 bits per heavy atom. The van der Waals surface area contributed by atoms with Gasteiger partial charge < -0.3 is 5.73 Å². The van der Waals surface area contributed by atoms with Crippen molar-refractivity contribution in [3.8, 4) is 22.4 Å². The summed E-state index contributed by atoms with van der Waals surface area (Å²) in [5, 5.41) is 11.4. The normalized spacial score (nSPS) is 10.7. The Balaban J connectivity index is 1.60. The summed E-state index contributed by atoms with van der Waals surface area (Å²) >= 11 is 0. The number of rotatable bonds is 8. The molecule has 0 aliphatic heterocycles. The van der Waals surface area contributed by atoms with E-state index in [1.165, 1.54) is 17.8 Å². The topological polar surface area (TPSA) is 125 Å². The van der Waals surface area contributed by atoms with Crippen molar-refractivity contribution in [2.45, 2.75) is 26.2 Å². The fraction of sp³-hybridized carbons (Fsp3) is 0.154. The van der Waals surface area contributed by atoms with Crippen LogP contribution in [0.1, 0.15) is 35.0 Å². The molecular weight excluding hydrogens is 430 g/mol. The van der Waals surface area contributed by atoms with E-state index in [9.17, 15) is 14.9 Å². The van der Waals surface area contributed by atoms with E-state index in [0.29, 0.717) is 22.4 Å². The highest BCUT2D eigenvalue weighted by Gasteiger charge is 2.18. The summed E-state index contributed by atoms with van der Waals surface area (Å²) < 4.78 is 0. The number of hydrogen-bond acceptors (Lipinski definition) is 7. The minimum absolute atomic E-state index is 0.0146. The molecule has 170 valence electrons. The number of nitro benzene ring substituents is 1. The molecule has 0 spiro atoms. The Morgan fingerprint density at radius 2 is 1.76 bits per heavy atom. The molecule has 2 aromatic carbocycles. The molecule has 0 aliphatic carbocycles. The molecule has 0 saturated carbocycles. The van der Waals surface area contributed by atoms with Crippen LogP contribution in [-0.2, 0) is 12.8 Å². The average Bonchev–Trinajstić information content (AvgIpc) is 2.85. The number of nitrogens with two attached hydrogens (primary N) is 1. The molecule has 2 heterocycles. The predicted octanol–water partition coefficient (Wildman–Crippen LogP) is 5.07. The second-order valence-corrected chi connectivity index (χ2v) is 7.89. The van der Waals surface area contributed by atoms with Crippen molar-refractivity contribution < 1.29 is 9.72 Å². The van der Waals surface area contributed by atoms with Gasteiger partial charge in [-0.3, -0.25) is 19.9 Å². The zero-order valence-electron chi connectivity index (χ0n) is 18.6. The molecule has 2 N–H and O–H groups in total. The van der Waals surface area contributed by atoms with E-state index in [4.69, 9.17) is 5.73 Å². The zero-order chi connectivity index (χ0) is 24.1. The van der Waals surface area contributed by atoms with Crippen molar-refractivity contribution in [1.29, 1.82) is 0 Å². The standard InChI is InChI=1S/C26H23N5O3/c1-2-5-17-8-10-19(11-9-17)22-16-29-26(27)25(30-22)24(32)13-18-12-20(15-28-14-18)21-6-3-4-7-23(21)31(33)34/h3-4,6-12,14-16H,2,5,13H2,1H3,(H2,27,29). The Labute approximate surface area is 196 Å². The summed E-state index contributed by atoms with van der Waals surface area (Å²) in [5.41, 5.74) is 10.3. The van der Waals surface area contributed by atoms with Crippen molar-refractivity contribution in [2.75, 3.05) is 5.73 Å². The largest absolute Gasteiger partial charge is 0.382 e. The quantitative estimate of drug-likeness (QED) is 0.224. The van der Waals surface area contributed by atoms with Crippen molar-refractivity contribution in [3.63, 3.8) is 0 Å². The molecule has 0 atom stereocenters. The first kappa shape index (κ1) is 22.7. The molecule has 0 amide bonds. The number of pyridine rings is 1. The highest BCUT2D eigenvalue weighted by Crippen LogP contribution is 2.29. The monoisotopic (exact) mass is 453 g/mol. The number of nitrogen functional groups attached to an aromatic ring is 1. The average molecular weight is 454 g/mol. The van der Waals surface area contributed by atoms with Crippen LogP contribution in [0.4, 0.5) is 11.5 Å². The maximum absolute atomic E-state index is 13.1. The predicted molar refractivity (Wildman–Crippen MR) is 130 cm³/mol. The van der Waals surface area contributed by atoms with Crippen LogP contribution < -0.4 is 5.73 Å². The van der Waals surface area contributed by atoms with Gasteiger partial charge in [0, 0.05) is 36.0 Å². The van der Waals surface area contributed by atoms with Crippen LogP contribution in [0.25, 0.3) is 22.4 Å². The summed E-state index contributed by atoms with van der Waals surface area (Å²) in [6, 6.07) is 16.1. The summed E-state index contributed by atoms with van der Waals surface area (Å²) in [7, 11) is 0. The third-order valence-corrected chi connectivity index (χ3v) is 5.42. The molecule has 0 bridgehead atoms. The van der Waals surface area contributed by atoms with Gasteiger partial charge in [0.2, 0.25) is 0 Å². The number of aryl methyl sites for hydroxylation is 1. The third kappa shape index (κ3) is 4.96. The zero-order valence-corrected chi connectivity index (χ0v) is 18.6. The van der Waals surface area contributed by atoms with Crippen molar-refractivity contribution in [3.05, 3.63) is 100 Å². The van der Waals surface area contributed by atoms with Gasteiger partial charge in [0.25, 0.3) is 5.69 Å². The van der Waals surface area contributed by atoms with Crippen LogP contribution in [0, 0.1) is 10.1 Å². The van der Waals surface area contributed by atoms with E-state index < -0.39 is 4.92 Å². The number of ketones is 1. The number of aromatic nitrogens is 3. The van der Waals surface area contributed by atoms with E-state index in [0.717, 1.165) is 18.4 Å². The molecule has 0 radical (unpaired) electrons. The highest BCUT2D eigenvalue weighted by molar-refractivity contribution is 5.99. The Morgan fingerprint density at radius 1 is 1.00 bits per heavy atom. The van der Waals surface area contributed by atoms with Gasteiger partial charge >= 0.3 is 0 Å². The number of anilines is 1. The Kier molecular flexibility index (Phi) is 6.68. The number of para-hydroxylation sites is 1. The van der Waals surface area contributed by atoms with Gasteiger partial charge in [-0.1, -0.05) is 49.7 Å². The van der Waals surface area contributed by atoms with Crippen LogP contribution in [0.2, 0.25) is 0 Å². The first-order valence-corrected chi connectivity index (χ1v) is 10.9. The number of nitrogens with zero attached hydrogens (tertiary/aromatic N) is 4. The van der Waals surface area contributed by atoms with Gasteiger partial charge in [0.05, 0.1) is 22.4 Å². The molecule has 34 heavy (non-hydrogen) atoms. The number of carbonyl (C=O) groups is 1. The van der Waals surface area contributed by atoms with Crippen LogP contribution in [0.15, 0.2) is 73.2 Å². The van der Waals surface area contributed by atoms with Crippen molar-refractivity contribution >= 4 is 17.3 Å². The lowest BCUT2D eigenvalue weighted by Gasteiger charge is -2.08. The van der Waals surface area contributed by atoms with Gasteiger partial charge in [-0.25, -0.2) is 9.97 Å². The first-order chi connectivity index (χ1) is 16.5. The molecule has 0 unspecified atom stereocenters. The van der Waals surface area contributed by atoms with Gasteiger partial charge in [-0.15, -0.1) is 0 Å². The second-order valence-electron chi connectivity index (χ2n) is 7.89. The summed E-state index contributed by atoms with van der Waals surface area (Å²) in [6.45, 7) is 2.13. The van der Waals surface area contributed by atoms with Gasteiger partial charge in [-0.2, -0.15) is 0 Å². The van der Waals surface area contributed by atoms with E-state index in [-0.39, 0.29) is 29.4 Å². The molecule has 2 aromatic heterocycles. The lowest BCUT2D eigenvalue weighted by molar-refractivity contribution is -0.384. The smallest absolute Gasteiger partial charge is 0.277 e. The van der Waals surface area contributed by atoms with Crippen LogP contribution in [0.5, 0.6) is 0 Å². The van der Waals surface area contributed by atoms with E-state index >= 15 is 0 Å². The van der Waals surface area contributed by atoms with Crippen LogP contribution >= 0.6 is 0 Å². The van der Waals surface area contributed by atoms with E-state index in [1.54, 1.807) is 36.7 Å². The number of carbonyl (C=O) groups excluding carboxylic acids is 1. The van der Waals surface area contributed by atoms with Gasteiger partial charge in [0.1, 0.15) is 5.69 Å². The van der Waals surface area contributed by atoms with Crippen molar-refractivity contribution in [2.24, 2.45) is 0 Å². The second kappa shape index (κ2) is 9.99. The lowest BCUT2D eigenvalue weighted by atomic mass is 10.0. The third-order valence-electron chi connectivity index (χ3n) is 5.42. The first-order valence-electron chi connectivity index (χ1n) is 10.9. The van der Waals surface area contributed by atoms with Gasteiger partial charge in [0.15, 0.2) is 11.6 Å². The fourth-order valence-electron chi connectivity index (χ4n) is 3.75. The number of Topliss-reactive ketones (excluding diaryl/α,β-unsaturated/α-hetero) is 1. The maximum Gasteiger partial charge on any atom is 0.277 e. The summed E-state index contributed by atoms with van der Waals surface area (Å²) in [4.78, 5) is 36.8. The Bertz CT molecular complexity index is 1350. The fourth-order valence-corrected chi connectivity index (χ4v) is 3.75. The van der Waals surface area contributed by atoms with E-state index in [2.05, 4.69) is 21.9 Å². The molecule has 8 heteroatoms. The molecular formula is C26H23N5O3. The molecule has 8 nitrogen and oxygen atoms in total. The maximum atomic E-state index is 13.1. The number of hydrogen-bond donors (Lipinski definition) is 1. The lowest BCUT2D eigenvalue weighted by Crippen LogP contribution is -2.12. The van der Waals surface area contributed by atoms with Crippen LogP contribution in [0.3, 0.4) is 0 Å². The number of nitro groups is 1. The molecule has 0 aliphatic rings. The van der Waals surface area contributed by atoms with E-state index in [1.807, 2.05) is 24.3 Å².